The average Bonchev–Trinajstić information content (AvgIpc) is 2.55. The van der Waals surface area contributed by atoms with Gasteiger partial charge in [-0.05, 0) is 42.0 Å². The average molecular weight is 286 g/mol. The van der Waals surface area contributed by atoms with Crippen molar-refractivity contribution in [2.45, 2.75) is 6.54 Å². The molecule has 2 N–H and O–H groups in total. The molecule has 0 radical (unpaired) electrons. The van der Waals surface area contributed by atoms with Gasteiger partial charge in [-0.1, -0.05) is 12.1 Å². The van der Waals surface area contributed by atoms with Crippen molar-refractivity contribution in [1.29, 1.82) is 0 Å². The minimum atomic E-state index is 0.560. The zero-order valence-corrected chi connectivity index (χ0v) is 12.6. The van der Waals surface area contributed by atoms with E-state index in [1.807, 2.05) is 43.4 Å². The number of nitrogens with zero attached hydrogens (tertiary/aromatic N) is 1. The lowest BCUT2D eigenvalue weighted by Gasteiger charge is -2.20. The first-order valence-corrected chi connectivity index (χ1v) is 7.00. The summed E-state index contributed by atoms with van der Waals surface area (Å²) < 4.78 is 10.8. The Morgan fingerprint density at radius 2 is 1.76 bits per heavy atom. The van der Waals surface area contributed by atoms with Crippen molar-refractivity contribution in [1.82, 2.24) is 0 Å². The predicted molar refractivity (Wildman–Crippen MR) is 86.1 cm³/mol. The summed E-state index contributed by atoms with van der Waals surface area (Å²) in [5.74, 6) is 1.68. The maximum atomic E-state index is 5.73. The van der Waals surface area contributed by atoms with Gasteiger partial charge in [0.2, 0.25) is 0 Å². The first-order chi connectivity index (χ1) is 10.2. The molecule has 4 nitrogen and oxygen atoms in total. The first kappa shape index (κ1) is 15.2. The lowest BCUT2D eigenvalue weighted by atomic mass is 10.2. The van der Waals surface area contributed by atoms with Gasteiger partial charge in [-0.3, -0.25) is 0 Å². The number of rotatable bonds is 7. The highest BCUT2D eigenvalue weighted by Gasteiger charge is 2.02. The number of benzene rings is 2. The molecule has 0 aromatic heterocycles. The summed E-state index contributed by atoms with van der Waals surface area (Å²) in [6.07, 6.45) is 0. The summed E-state index contributed by atoms with van der Waals surface area (Å²) in [6.45, 7) is 1.99. The van der Waals surface area contributed by atoms with Crippen molar-refractivity contribution < 1.29 is 9.47 Å². The highest BCUT2D eigenvalue weighted by molar-refractivity contribution is 5.47. The highest BCUT2D eigenvalue weighted by atomic mass is 16.5. The summed E-state index contributed by atoms with van der Waals surface area (Å²) in [4.78, 5) is 2.16. The third-order valence-electron chi connectivity index (χ3n) is 3.34. The number of anilines is 1. The van der Waals surface area contributed by atoms with Crippen LogP contribution in [0.15, 0.2) is 48.5 Å². The van der Waals surface area contributed by atoms with Gasteiger partial charge in [0, 0.05) is 19.3 Å². The van der Waals surface area contributed by atoms with Crippen LogP contribution in [0, 0.1) is 0 Å². The molecule has 0 aliphatic rings. The minimum Gasteiger partial charge on any atom is -0.497 e. The zero-order chi connectivity index (χ0) is 15.1. The van der Waals surface area contributed by atoms with Crippen LogP contribution in [-0.4, -0.2) is 27.3 Å². The van der Waals surface area contributed by atoms with E-state index in [9.17, 15) is 0 Å². The molecule has 0 heterocycles. The Morgan fingerprint density at radius 3 is 2.43 bits per heavy atom. The van der Waals surface area contributed by atoms with Gasteiger partial charge in [-0.2, -0.15) is 0 Å². The van der Waals surface area contributed by atoms with Gasteiger partial charge in [-0.15, -0.1) is 0 Å². The summed E-state index contributed by atoms with van der Waals surface area (Å²) in [6, 6.07) is 15.8. The monoisotopic (exact) mass is 286 g/mol. The van der Waals surface area contributed by atoms with E-state index >= 15 is 0 Å². The first-order valence-electron chi connectivity index (χ1n) is 7.00. The number of hydrogen-bond donors (Lipinski definition) is 1. The zero-order valence-electron chi connectivity index (χ0n) is 12.6. The van der Waals surface area contributed by atoms with Crippen molar-refractivity contribution >= 4 is 5.69 Å². The molecule has 0 aliphatic carbocycles. The largest absolute Gasteiger partial charge is 0.497 e. The molecular formula is C17H22N2O2. The molecule has 2 aromatic carbocycles. The second-order valence-electron chi connectivity index (χ2n) is 4.82. The van der Waals surface area contributed by atoms with Gasteiger partial charge in [0.05, 0.1) is 13.7 Å². The molecule has 21 heavy (non-hydrogen) atoms. The lowest BCUT2D eigenvalue weighted by Crippen LogP contribution is -2.23. The Labute approximate surface area is 126 Å². The van der Waals surface area contributed by atoms with Crippen LogP contribution in [0.25, 0.3) is 0 Å². The van der Waals surface area contributed by atoms with Crippen LogP contribution in [0.1, 0.15) is 5.56 Å². The van der Waals surface area contributed by atoms with Gasteiger partial charge in [0.15, 0.2) is 0 Å². The van der Waals surface area contributed by atoms with E-state index < -0.39 is 0 Å². The number of hydrogen-bond acceptors (Lipinski definition) is 4. The topological polar surface area (TPSA) is 47.7 Å². The summed E-state index contributed by atoms with van der Waals surface area (Å²) in [5, 5.41) is 0. The summed E-state index contributed by atoms with van der Waals surface area (Å²) in [5.41, 5.74) is 7.95. The third kappa shape index (κ3) is 4.39. The van der Waals surface area contributed by atoms with E-state index in [1.165, 1.54) is 0 Å². The number of likely N-dealkylation sites (N-methyl/N-ethyl adjacent to an activating group) is 1. The van der Waals surface area contributed by atoms with E-state index in [4.69, 9.17) is 15.2 Å². The van der Waals surface area contributed by atoms with Crippen LogP contribution in [-0.2, 0) is 6.54 Å². The molecule has 0 aliphatic heterocycles. The number of ether oxygens (including phenoxy) is 2. The maximum absolute atomic E-state index is 5.73. The quantitative estimate of drug-likeness (QED) is 0.850. The van der Waals surface area contributed by atoms with E-state index in [2.05, 4.69) is 17.0 Å². The molecule has 2 rings (SSSR count). The Morgan fingerprint density at radius 1 is 1.05 bits per heavy atom. The molecule has 0 atom stereocenters. The van der Waals surface area contributed by atoms with Gasteiger partial charge in [0.1, 0.15) is 18.1 Å². The van der Waals surface area contributed by atoms with Crippen molar-refractivity contribution in [3.63, 3.8) is 0 Å². The van der Waals surface area contributed by atoms with Crippen LogP contribution < -0.4 is 20.1 Å². The van der Waals surface area contributed by atoms with Crippen molar-refractivity contribution in [3.05, 3.63) is 54.1 Å². The normalized spacial score (nSPS) is 10.2. The Kier molecular flexibility index (Phi) is 5.46. The maximum Gasteiger partial charge on any atom is 0.119 e. The van der Waals surface area contributed by atoms with Gasteiger partial charge in [-0.25, -0.2) is 0 Å². The van der Waals surface area contributed by atoms with Crippen LogP contribution >= 0.6 is 0 Å². The lowest BCUT2D eigenvalue weighted by molar-refractivity contribution is 0.325. The third-order valence-corrected chi connectivity index (χ3v) is 3.34. The van der Waals surface area contributed by atoms with E-state index in [1.54, 1.807) is 7.11 Å². The molecule has 0 fully saturated rings. The molecule has 112 valence electrons. The number of nitrogens with two attached hydrogens (primary N) is 1. The fraction of sp³-hybridized carbons (Fsp3) is 0.294. The van der Waals surface area contributed by atoms with Crippen LogP contribution in [0.4, 0.5) is 5.69 Å². The summed E-state index contributed by atoms with van der Waals surface area (Å²) >= 11 is 0. The molecule has 2 aromatic rings. The molecular weight excluding hydrogens is 264 g/mol. The second-order valence-corrected chi connectivity index (χ2v) is 4.82. The van der Waals surface area contributed by atoms with Crippen molar-refractivity contribution in [2.24, 2.45) is 5.73 Å². The fourth-order valence-corrected chi connectivity index (χ4v) is 2.02. The van der Waals surface area contributed by atoms with Crippen molar-refractivity contribution in [2.75, 3.05) is 32.2 Å². The Hall–Kier alpha value is -2.20. The van der Waals surface area contributed by atoms with Crippen LogP contribution in [0.5, 0.6) is 11.5 Å². The van der Waals surface area contributed by atoms with Crippen LogP contribution in [0.2, 0.25) is 0 Å². The standard InChI is InChI=1S/C17H22N2O2/c1-19(15-5-3-4-14(12-15)13-18)10-11-21-17-8-6-16(20-2)7-9-17/h3-9,12H,10-11,13,18H2,1-2H3. The Bertz CT molecular complexity index is 555. The van der Waals surface area contributed by atoms with E-state index in [0.29, 0.717) is 13.2 Å². The smallest absolute Gasteiger partial charge is 0.119 e. The summed E-state index contributed by atoms with van der Waals surface area (Å²) in [7, 11) is 3.70. The SMILES string of the molecule is COc1ccc(OCCN(C)c2cccc(CN)c2)cc1. The molecule has 0 amide bonds. The molecule has 0 saturated carbocycles. The van der Waals surface area contributed by atoms with Gasteiger partial charge < -0.3 is 20.1 Å². The van der Waals surface area contributed by atoms with Gasteiger partial charge in [0.25, 0.3) is 0 Å². The predicted octanol–water partition coefficient (Wildman–Crippen LogP) is 2.67. The molecule has 0 spiro atoms. The molecule has 0 bridgehead atoms. The second kappa shape index (κ2) is 7.55. The molecule has 0 unspecified atom stereocenters. The minimum absolute atomic E-state index is 0.560. The van der Waals surface area contributed by atoms with Gasteiger partial charge >= 0.3 is 0 Å². The molecule has 0 saturated heterocycles. The van der Waals surface area contributed by atoms with Crippen molar-refractivity contribution in [3.8, 4) is 11.5 Å². The highest BCUT2D eigenvalue weighted by Crippen LogP contribution is 2.18. The number of methoxy groups -OCH3 is 1. The van der Waals surface area contributed by atoms with E-state index in [0.717, 1.165) is 29.3 Å². The molecule has 4 heteroatoms. The van der Waals surface area contributed by atoms with Crippen LogP contribution in [0.3, 0.4) is 0 Å². The Balaban J connectivity index is 1.84. The van der Waals surface area contributed by atoms with E-state index in [-0.39, 0.29) is 0 Å². The fourth-order valence-electron chi connectivity index (χ4n) is 2.02.